The van der Waals surface area contributed by atoms with Crippen LogP contribution < -0.4 is 15.1 Å². The summed E-state index contributed by atoms with van der Waals surface area (Å²) in [5, 5.41) is 13.6. The molecule has 4 amide bonds. The number of anilines is 2. The van der Waals surface area contributed by atoms with Gasteiger partial charge in [0.2, 0.25) is 0 Å². The van der Waals surface area contributed by atoms with Crippen LogP contribution in [0, 0.1) is 0 Å². The highest BCUT2D eigenvalue weighted by Crippen LogP contribution is 2.33. The van der Waals surface area contributed by atoms with Gasteiger partial charge in [0, 0.05) is 30.5 Å². The van der Waals surface area contributed by atoms with Gasteiger partial charge >= 0.3 is 12.2 Å². The fraction of sp³-hybridized carbons (Fsp3) is 0.323. The van der Waals surface area contributed by atoms with E-state index in [2.05, 4.69) is 5.32 Å². The number of aliphatic hydroxyl groups is 1. The van der Waals surface area contributed by atoms with Crippen molar-refractivity contribution in [3.8, 4) is 0 Å². The van der Waals surface area contributed by atoms with Crippen molar-refractivity contribution in [2.24, 2.45) is 0 Å². The fourth-order valence-electron chi connectivity index (χ4n) is 4.96. The van der Waals surface area contributed by atoms with Crippen LogP contribution in [0.1, 0.15) is 40.9 Å². The molecule has 246 valence electrons. The molecule has 11 nitrogen and oxygen atoms in total. The van der Waals surface area contributed by atoms with Gasteiger partial charge in [0.1, 0.15) is 6.04 Å². The third-order valence-electron chi connectivity index (χ3n) is 7.67. The van der Waals surface area contributed by atoms with E-state index in [1.54, 1.807) is 0 Å². The maximum atomic E-state index is 13.8. The highest BCUT2D eigenvalue weighted by Gasteiger charge is 2.41. The molecule has 0 spiro atoms. The Labute approximate surface area is 264 Å². The number of carbonyl (C=O) groups excluding carboxylic acids is 3. The number of benzene rings is 3. The van der Waals surface area contributed by atoms with Gasteiger partial charge in [0.25, 0.3) is 11.8 Å². The number of likely N-dealkylation sites (N-methyl/N-ethyl adjacent to an activating group) is 1. The van der Waals surface area contributed by atoms with Crippen molar-refractivity contribution in [3.05, 3.63) is 89.5 Å². The summed E-state index contributed by atoms with van der Waals surface area (Å²) in [7, 11) is -0.755. The van der Waals surface area contributed by atoms with E-state index in [0.717, 1.165) is 17.2 Å². The number of carbonyl (C=O) groups is 3. The summed E-state index contributed by atoms with van der Waals surface area (Å²) in [5.74, 6) is -1.18. The van der Waals surface area contributed by atoms with Gasteiger partial charge in [-0.3, -0.25) is 24.2 Å². The predicted molar refractivity (Wildman–Crippen MR) is 163 cm³/mol. The molecule has 2 atom stereocenters. The SMILES string of the molecule is CCS(=O)(=O)c1ccc([C@H](CO)NC(=O)c2ccc(N3C(=O)N(c4ccc(C(F)(F)F)cc4)CC[C@H]3C(=O)N(C)OC)cc2)cc1. The van der Waals surface area contributed by atoms with E-state index < -0.39 is 58.1 Å². The first-order valence-corrected chi connectivity index (χ1v) is 15.8. The number of nitrogens with one attached hydrogen (secondary N) is 1. The van der Waals surface area contributed by atoms with Gasteiger partial charge in [0.15, 0.2) is 9.84 Å². The number of aliphatic hydroxyl groups excluding tert-OH is 1. The number of sulfone groups is 1. The number of hydrogen-bond donors (Lipinski definition) is 2. The summed E-state index contributed by atoms with van der Waals surface area (Å²) < 4.78 is 63.5. The molecule has 1 aliphatic heterocycles. The second-order valence-corrected chi connectivity index (χ2v) is 12.7. The predicted octanol–water partition coefficient (Wildman–Crippen LogP) is 4.19. The Balaban J connectivity index is 1.57. The normalized spacial score (nSPS) is 16.2. The lowest BCUT2D eigenvalue weighted by Crippen LogP contribution is -2.59. The van der Waals surface area contributed by atoms with E-state index in [-0.39, 0.29) is 40.6 Å². The molecule has 1 aliphatic rings. The van der Waals surface area contributed by atoms with E-state index in [1.807, 2.05) is 0 Å². The molecule has 3 aromatic rings. The minimum absolute atomic E-state index is 0.0447. The molecule has 1 heterocycles. The number of nitrogens with zero attached hydrogens (tertiary/aromatic N) is 3. The van der Waals surface area contributed by atoms with Gasteiger partial charge in [-0.2, -0.15) is 13.2 Å². The first-order chi connectivity index (χ1) is 21.7. The summed E-state index contributed by atoms with van der Waals surface area (Å²) in [6, 6.07) is 13.1. The molecule has 3 aromatic carbocycles. The molecule has 0 radical (unpaired) electrons. The molecule has 0 unspecified atom stereocenters. The second kappa shape index (κ2) is 13.9. The summed E-state index contributed by atoms with van der Waals surface area (Å²) >= 11 is 0. The second-order valence-electron chi connectivity index (χ2n) is 10.4. The largest absolute Gasteiger partial charge is 0.416 e. The van der Waals surface area contributed by atoms with Crippen LogP contribution in [0.2, 0.25) is 0 Å². The van der Waals surface area contributed by atoms with E-state index in [9.17, 15) is 41.1 Å². The van der Waals surface area contributed by atoms with Crippen LogP contribution in [-0.4, -0.2) is 75.5 Å². The molecule has 46 heavy (non-hydrogen) atoms. The van der Waals surface area contributed by atoms with Crippen LogP contribution in [0.25, 0.3) is 0 Å². The third kappa shape index (κ3) is 7.32. The summed E-state index contributed by atoms with van der Waals surface area (Å²) in [6.07, 6.45) is -4.43. The van der Waals surface area contributed by atoms with Crippen molar-refractivity contribution in [2.75, 3.05) is 42.9 Å². The molecule has 0 aliphatic carbocycles. The minimum atomic E-state index is -4.55. The van der Waals surface area contributed by atoms with Crippen molar-refractivity contribution in [3.63, 3.8) is 0 Å². The number of hydroxylamine groups is 2. The standard InChI is InChI=1S/C31H33F3N4O7S/c1-4-46(43,44)25-15-7-20(8-16-25)26(19-39)35-28(40)21-5-11-24(12-6-21)38-27(29(41)36(2)45-3)17-18-37(30(38)42)23-13-9-22(10-14-23)31(32,33)34/h5-16,26-27,39H,4,17-19H2,1-3H3,(H,35,40)/t26-,27-/m0/s1. The smallest absolute Gasteiger partial charge is 0.394 e. The Kier molecular flexibility index (Phi) is 10.4. The van der Waals surface area contributed by atoms with Crippen LogP contribution in [0.3, 0.4) is 0 Å². The van der Waals surface area contributed by atoms with Crippen molar-refractivity contribution in [1.82, 2.24) is 10.4 Å². The Morgan fingerprint density at radius 1 is 1.02 bits per heavy atom. The van der Waals surface area contributed by atoms with E-state index in [1.165, 1.54) is 91.5 Å². The van der Waals surface area contributed by atoms with Gasteiger partial charge < -0.3 is 10.4 Å². The molecular weight excluding hydrogens is 629 g/mol. The molecule has 4 rings (SSSR count). The molecule has 0 saturated carbocycles. The lowest BCUT2D eigenvalue weighted by Gasteiger charge is -2.41. The maximum absolute atomic E-state index is 13.8. The summed E-state index contributed by atoms with van der Waals surface area (Å²) in [5.41, 5.74) is 0.223. The molecule has 0 bridgehead atoms. The number of halogens is 3. The number of urea groups is 1. The van der Waals surface area contributed by atoms with Gasteiger partial charge in [-0.05, 0) is 72.6 Å². The van der Waals surface area contributed by atoms with Crippen molar-refractivity contribution >= 4 is 39.1 Å². The Bertz CT molecular complexity index is 1670. The Morgan fingerprint density at radius 2 is 1.61 bits per heavy atom. The Hall–Kier alpha value is -4.47. The quantitative estimate of drug-likeness (QED) is 0.311. The van der Waals surface area contributed by atoms with Gasteiger partial charge in [0.05, 0.1) is 36.0 Å². The zero-order valence-electron chi connectivity index (χ0n) is 25.2. The van der Waals surface area contributed by atoms with Gasteiger partial charge in [-0.1, -0.05) is 19.1 Å². The molecule has 2 N–H and O–H groups in total. The fourth-order valence-corrected chi connectivity index (χ4v) is 5.84. The topological polar surface area (TPSA) is 137 Å². The van der Waals surface area contributed by atoms with Crippen molar-refractivity contribution in [2.45, 2.75) is 36.5 Å². The van der Waals surface area contributed by atoms with Gasteiger partial charge in [-0.15, -0.1) is 0 Å². The van der Waals surface area contributed by atoms with Crippen molar-refractivity contribution in [1.29, 1.82) is 0 Å². The van der Waals surface area contributed by atoms with Crippen LogP contribution in [0.4, 0.5) is 29.3 Å². The average Bonchev–Trinajstić information content (AvgIpc) is 3.06. The number of alkyl halides is 3. The lowest BCUT2D eigenvalue weighted by atomic mass is 10.0. The van der Waals surface area contributed by atoms with E-state index in [0.29, 0.717) is 5.56 Å². The first-order valence-electron chi connectivity index (χ1n) is 14.2. The Morgan fingerprint density at radius 3 is 2.13 bits per heavy atom. The molecule has 15 heteroatoms. The number of rotatable bonds is 10. The molecule has 1 fully saturated rings. The minimum Gasteiger partial charge on any atom is -0.394 e. The van der Waals surface area contributed by atoms with Crippen LogP contribution >= 0.6 is 0 Å². The third-order valence-corrected chi connectivity index (χ3v) is 9.42. The van der Waals surface area contributed by atoms with Crippen LogP contribution in [0.5, 0.6) is 0 Å². The molecule has 0 aromatic heterocycles. The number of amides is 4. The monoisotopic (exact) mass is 662 g/mol. The molecular formula is C31H33F3N4O7S. The zero-order chi connectivity index (χ0) is 33.8. The molecule has 1 saturated heterocycles. The number of hydrogen-bond acceptors (Lipinski definition) is 7. The van der Waals surface area contributed by atoms with E-state index >= 15 is 0 Å². The first kappa shape index (κ1) is 34.4. The summed E-state index contributed by atoms with van der Waals surface area (Å²) in [4.78, 5) is 47.6. The van der Waals surface area contributed by atoms with Crippen molar-refractivity contribution < 1.29 is 45.9 Å². The van der Waals surface area contributed by atoms with Crippen LogP contribution in [0.15, 0.2) is 77.7 Å². The lowest BCUT2D eigenvalue weighted by molar-refractivity contribution is -0.170. The highest BCUT2D eigenvalue weighted by atomic mass is 32.2. The van der Waals surface area contributed by atoms with Gasteiger partial charge in [-0.25, -0.2) is 18.3 Å². The zero-order valence-corrected chi connectivity index (χ0v) is 26.0. The van der Waals surface area contributed by atoms with E-state index in [4.69, 9.17) is 4.84 Å². The maximum Gasteiger partial charge on any atom is 0.416 e. The highest BCUT2D eigenvalue weighted by molar-refractivity contribution is 7.91. The van der Waals surface area contributed by atoms with Crippen LogP contribution in [-0.2, 0) is 25.6 Å². The average molecular weight is 663 g/mol. The summed E-state index contributed by atoms with van der Waals surface area (Å²) in [6.45, 7) is 1.10.